The largest absolute Gasteiger partial charge is 0.379 e. The van der Waals surface area contributed by atoms with Gasteiger partial charge in [0.15, 0.2) is 0 Å². The Kier molecular flexibility index (Phi) is 3.96. The molecule has 0 bridgehead atoms. The summed E-state index contributed by atoms with van der Waals surface area (Å²) in [6.07, 6.45) is 3.38. The summed E-state index contributed by atoms with van der Waals surface area (Å²) < 4.78 is 16.2. The van der Waals surface area contributed by atoms with E-state index >= 15 is 0 Å². The van der Waals surface area contributed by atoms with Gasteiger partial charge in [-0.25, -0.2) is 9.07 Å². The van der Waals surface area contributed by atoms with E-state index < -0.39 is 0 Å². The summed E-state index contributed by atoms with van der Waals surface area (Å²) >= 11 is 3.25. The van der Waals surface area contributed by atoms with Crippen molar-refractivity contribution in [3.05, 3.63) is 70.7 Å². The van der Waals surface area contributed by atoms with Crippen LogP contribution in [0, 0.1) is 5.82 Å². The topological polar surface area (TPSA) is 42.7 Å². The normalized spacial score (nSPS) is 10.6. The Morgan fingerprint density at radius 3 is 2.81 bits per heavy atom. The molecule has 0 atom stereocenters. The number of hydrogen-bond acceptors (Lipinski definition) is 3. The summed E-state index contributed by atoms with van der Waals surface area (Å²) in [6, 6.07) is 12.7. The molecule has 0 saturated carbocycles. The molecule has 0 aliphatic carbocycles. The molecule has 21 heavy (non-hydrogen) atoms. The average molecular weight is 347 g/mol. The van der Waals surface area contributed by atoms with Gasteiger partial charge in [-0.1, -0.05) is 39.3 Å². The van der Waals surface area contributed by atoms with Gasteiger partial charge in [-0.2, -0.15) is 0 Å². The Balaban J connectivity index is 1.83. The molecule has 0 radical (unpaired) electrons. The zero-order valence-electron chi connectivity index (χ0n) is 11.0. The number of nitrogens with zero attached hydrogens (tertiary/aromatic N) is 3. The highest BCUT2D eigenvalue weighted by atomic mass is 79.9. The third-order valence-corrected chi connectivity index (χ3v) is 3.55. The van der Waals surface area contributed by atoms with Crippen molar-refractivity contribution in [1.82, 2.24) is 15.0 Å². The smallest absolute Gasteiger partial charge is 0.129 e. The first kappa shape index (κ1) is 13.8. The third-order valence-electron chi connectivity index (χ3n) is 3.06. The molecule has 4 nitrogen and oxygen atoms in total. The first-order valence-corrected chi connectivity index (χ1v) is 7.17. The molecule has 0 spiro atoms. The summed E-state index contributed by atoms with van der Waals surface area (Å²) in [6.45, 7) is 0.394. The van der Waals surface area contributed by atoms with Crippen LogP contribution in [-0.4, -0.2) is 15.0 Å². The van der Waals surface area contributed by atoms with Crippen molar-refractivity contribution >= 4 is 21.6 Å². The molecule has 106 valence electrons. The van der Waals surface area contributed by atoms with Crippen molar-refractivity contribution in [2.24, 2.45) is 0 Å². The zero-order valence-corrected chi connectivity index (χ0v) is 12.6. The SMILES string of the molecule is Fc1cc(Br)ccc1CNc1ccccc1-n1ccnn1. The molecular weight excluding hydrogens is 335 g/mol. The van der Waals surface area contributed by atoms with E-state index in [2.05, 4.69) is 31.6 Å². The lowest BCUT2D eigenvalue weighted by Gasteiger charge is -2.12. The van der Waals surface area contributed by atoms with E-state index in [9.17, 15) is 4.39 Å². The molecule has 3 rings (SSSR count). The van der Waals surface area contributed by atoms with Gasteiger partial charge < -0.3 is 5.32 Å². The van der Waals surface area contributed by atoms with Crippen LogP contribution in [-0.2, 0) is 6.54 Å². The van der Waals surface area contributed by atoms with Crippen LogP contribution in [0.2, 0.25) is 0 Å². The minimum absolute atomic E-state index is 0.241. The molecule has 0 fully saturated rings. The monoisotopic (exact) mass is 346 g/mol. The molecule has 3 aromatic rings. The van der Waals surface area contributed by atoms with Crippen molar-refractivity contribution in [3.63, 3.8) is 0 Å². The van der Waals surface area contributed by atoms with Crippen molar-refractivity contribution in [1.29, 1.82) is 0 Å². The molecule has 0 saturated heterocycles. The Bertz CT molecular complexity index is 743. The van der Waals surface area contributed by atoms with Crippen LogP contribution in [0.1, 0.15) is 5.56 Å². The van der Waals surface area contributed by atoms with Crippen molar-refractivity contribution in [3.8, 4) is 5.69 Å². The van der Waals surface area contributed by atoms with Crippen LogP contribution >= 0.6 is 15.9 Å². The molecule has 0 aliphatic heterocycles. The summed E-state index contributed by atoms with van der Waals surface area (Å²) in [5.74, 6) is -0.241. The molecule has 0 aliphatic rings. The quantitative estimate of drug-likeness (QED) is 0.781. The maximum Gasteiger partial charge on any atom is 0.129 e. The Morgan fingerprint density at radius 1 is 1.19 bits per heavy atom. The van der Waals surface area contributed by atoms with E-state index in [0.717, 1.165) is 15.8 Å². The number of aromatic nitrogens is 3. The van der Waals surface area contributed by atoms with Crippen molar-refractivity contribution in [2.75, 3.05) is 5.32 Å². The first-order valence-electron chi connectivity index (χ1n) is 6.37. The Morgan fingerprint density at radius 2 is 2.05 bits per heavy atom. The highest BCUT2D eigenvalue weighted by molar-refractivity contribution is 9.10. The fourth-order valence-corrected chi connectivity index (χ4v) is 2.35. The molecule has 0 amide bonds. The standard InChI is InChI=1S/C15H12BrFN4/c16-12-6-5-11(13(17)9-12)10-18-14-3-1-2-4-15(14)21-8-7-19-20-21/h1-9,18H,10H2. The first-order chi connectivity index (χ1) is 10.2. The van der Waals surface area contributed by atoms with E-state index in [1.54, 1.807) is 23.1 Å². The molecule has 1 N–H and O–H groups in total. The van der Waals surface area contributed by atoms with Gasteiger partial charge in [0.1, 0.15) is 5.82 Å². The second-order valence-electron chi connectivity index (χ2n) is 4.45. The maximum absolute atomic E-state index is 13.8. The van der Waals surface area contributed by atoms with Gasteiger partial charge in [0.05, 0.1) is 23.8 Å². The number of halogens is 2. The fourth-order valence-electron chi connectivity index (χ4n) is 2.02. The average Bonchev–Trinajstić information content (AvgIpc) is 3.01. The van der Waals surface area contributed by atoms with Gasteiger partial charge in [-0.15, -0.1) is 5.10 Å². The van der Waals surface area contributed by atoms with E-state index in [-0.39, 0.29) is 5.82 Å². The molecule has 2 aromatic carbocycles. The second kappa shape index (κ2) is 6.05. The Labute approximate surface area is 129 Å². The van der Waals surface area contributed by atoms with Gasteiger partial charge in [-0.05, 0) is 24.3 Å². The van der Waals surface area contributed by atoms with E-state index in [4.69, 9.17) is 0 Å². The predicted octanol–water partition coefficient (Wildman–Crippen LogP) is 3.78. The molecule has 1 heterocycles. The lowest BCUT2D eigenvalue weighted by molar-refractivity contribution is 0.612. The molecule has 0 unspecified atom stereocenters. The number of rotatable bonds is 4. The number of hydrogen-bond donors (Lipinski definition) is 1. The minimum atomic E-state index is -0.241. The third kappa shape index (κ3) is 3.11. The number of nitrogens with one attached hydrogen (secondary N) is 1. The summed E-state index contributed by atoms with van der Waals surface area (Å²) in [7, 11) is 0. The molecule has 1 aromatic heterocycles. The second-order valence-corrected chi connectivity index (χ2v) is 5.37. The highest BCUT2D eigenvalue weighted by Gasteiger charge is 2.06. The van der Waals surface area contributed by atoms with Crippen LogP contribution in [0.3, 0.4) is 0 Å². The predicted molar refractivity (Wildman–Crippen MR) is 82.8 cm³/mol. The van der Waals surface area contributed by atoms with Crippen LogP contribution in [0.4, 0.5) is 10.1 Å². The Hall–Kier alpha value is -2.21. The van der Waals surface area contributed by atoms with Gasteiger partial charge >= 0.3 is 0 Å². The number of benzene rings is 2. The summed E-state index contributed by atoms with van der Waals surface area (Å²) in [4.78, 5) is 0. The molecule has 6 heteroatoms. The summed E-state index contributed by atoms with van der Waals surface area (Å²) in [5, 5.41) is 11.0. The van der Waals surface area contributed by atoms with Crippen molar-refractivity contribution in [2.45, 2.75) is 6.54 Å². The van der Waals surface area contributed by atoms with Gasteiger partial charge in [0, 0.05) is 16.6 Å². The zero-order chi connectivity index (χ0) is 14.7. The lowest BCUT2D eigenvalue weighted by atomic mass is 10.2. The van der Waals surface area contributed by atoms with Crippen LogP contribution in [0.5, 0.6) is 0 Å². The van der Waals surface area contributed by atoms with Crippen LogP contribution in [0.15, 0.2) is 59.3 Å². The van der Waals surface area contributed by atoms with E-state index in [1.165, 1.54) is 6.07 Å². The van der Waals surface area contributed by atoms with Gasteiger partial charge in [0.25, 0.3) is 0 Å². The lowest BCUT2D eigenvalue weighted by Crippen LogP contribution is -2.06. The summed E-state index contributed by atoms with van der Waals surface area (Å²) in [5.41, 5.74) is 2.34. The fraction of sp³-hybridized carbons (Fsp3) is 0.0667. The van der Waals surface area contributed by atoms with Crippen LogP contribution < -0.4 is 5.32 Å². The van der Waals surface area contributed by atoms with Crippen LogP contribution in [0.25, 0.3) is 5.69 Å². The minimum Gasteiger partial charge on any atom is -0.379 e. The van der Waals surface area contributed by atoms with E-state index in [0.29, 0.717) is 12.1 Å². The number of para-hydroxylation sites is 2. The van der Waals surface area contributed by atoms with Crippen molar-refractivity contribution < 1.29 is 4.39 Å². The number of anilines is 1. The molecular formula is C15H12BrFN4. The van der Waals surface area contributed by atoms with Gasteiger partial charge in [0.2, 0.25) is 0 Å². The van der Waals surface area contributed by atoms with E-state index in [1.807, 2.05) is 30.3 Å². The van der Waals surface area contributed by atoms with Gasteiger partial charge in [-0.3, -0.25) is 0 Å². The maximum atomic E-state index is 13.8. The highest BCUT2D eigenvalue weighted by Crippen LogP contribution is 2.21.